The molecule has 2 aliphatic carbocycles. The van der Waals surface area contributed by atoms with E-state index in [-0.39, 0.29) is 44.8 Å². The van der Waals surface area contributed by atoms with Crippen LogP contribution in [0.4, 0.5) is 28.4 Å². The highest BCUT2D eigenvalue weighted by Crippen LogP contribution is 2.61. The Bertz CT molecular complexity index is 4350. The van der Waals surface area contributed by atoms with Crippen LogP contribution < -0.4 is 20.6 Å². The Hall–Kier alpha value is -7.56. The number of anilines is 5. The van der Waals surface area contributed by atoms with Crippen molar-refractivity contribution in [2.45, 2.75) is 169 Å². The van der Waals surface area contributed by atoms with Gasteiger partial charge < -0.3 is 14.3 Å². The van der Waals surface area contributed by atoms with Crippen molar-refractivity contribution in [1.29, 1.82) is 0 Å². The Morgan fingerprint density at radius 3 is 1.48 bits per heavy atom. The summed E-state index contributed by atoms with van der Waals surface area (Å²) in [4.78, 5) is 5.26. The number of hydrogen-bond acceptors (Lipinski definition) is 2. The van der Waals surface area contributed by atoms with E-state index in [1.54, 1.807) is 0 Å². The maximum absolute atomic E-state index is 2.78. The van der Waals surface area contributed by atoms with Crippen molar-refractivity contribution in [2.75, 3.05) is 9.71 Å². The van der Waals surface area contributed by atoms with Crippen LogP contribution in [0.3, 0.4) is 0 Å². The first kappa shape index (κ1) is 54.4. The van der Waals surface area contributed by atoms with Crippen LogP contribution in [0, 0.1) is 0 Å². The Morgan fingerprint density at radius 2 is 0.893 bits per heavy atom. The highest BCUT2D eigenvalue weighted by Gasteiger charge is 2.51. The molecular weight excluding hydrogens is 1010 g/mol. The number of rotatable bonds is 4. The van der Waals surface area contributed by atoms with E-state index in [1.165, 1.54) is 133 Å². The monoisotopic (exact) mass is 1100 g/mol. The van der Waals surface area contributed by atoms with Crippen LogP contribution in [-0.4, -0.2) is 11.4 Å². The molecule has 14 rings (SSSR count). The Labute approximate surface area is 501 Å². The minimum atomic E-state index is -0.296. The topological polar surface area (TPSA) is 11.4 Å². The van der Waals surface area contributed by atoms with Crippen LogP contribution >= 0.6 is 0 Å². The fourth-order valence-electron chi connectivity index (χ4n) is 15.2. The van der Waals surface area contributed by atoms with Crippen LogP contribution in [0.15, 0.2) is 164 Å². The second kappa shape index (κ2) is 17.5. The summed E-state index contributed by atoms with van der Waals surface area (Å²) in [7, 11) is 0. The lowest BCUT2D eigenvalue weighted by atomic mass is 9.43. The largest absolute Gasteiger partial charge is 0.376 e. The second-order valence-electron chi connectivity index (χ2n) is 31.5. The molecule has 422 valence electrons. The fourth-order valence-corrected chi connectivity index (χ4v) is 15.2. The summed E-state index contributed by atoms with van der Waals surface area (Å²) < 4.78 is 2.70. The molecule has 4 heteroatoms. The van der Waals surface area contributed by atoms with E-state index in [0.29, 0.717) is 0 Å². The summed E-state index contributed by atoms with van der Waals surface area (Å²) in [6.07, 6.45) is 0. The van der Waals surface area contributed by atoms with Crippen LogP contribution in [0.2, 0.25) is 0 Å². The molecule has 0 fully saturated rings. The predicted octanol–water partition coefficient (Wildman–Crippen LogP) is 20.6. The van der Waals surface area contributed by atoms with Gasteiger partial charge in [-0.25, -0.2) is 0 Å². The molecule has 84 heavy (non-hydrogen) atoms. The van der Waals surface area contributed by atoms with Gasteiger partial charge in [-0.15, -0.1) is 0 Å². The Balaban J connectivity index is 1.11. The first-order chi connectivity index (χ1) is 39.3. The number of aromatic nitrogens is 1. The Morgan fingerprint density at radius 1 is 0.393 bits per heavy atom. The van der Waals surface area contributed by atoms with Gasteiger partial charge in [-0.05, 0) is 195 Å². The minimum Gasteiger partial charge on any atom is -0.376 e. The smallest absolute Gasteiger partial charge is 0.333 e. The SMILES string of the molecule is CC(C)(C)c1ccc(N2B3c4cc(C(C)(C)C)ccc4-n4c5ccc(C(C)(C)C)cc5c5c6c(c(c3c54)-c3cc4c(cc32)C(C)(C)c2ccc(N(c3ccc(C(C)(C)C)cc3)c3ccc(C(C)(C)C)cc3)cc2-4)-c2ccccc2C6(C)C)cc1. The maximum Gasteiger partial charge on any atom is 0.333 e. The summed E-state index contributed by atoms with van der Waals surface area (Å²) in [6.45, 7) is 44.8. The first-order valence-electron chi connectivity index (χ1n) is 31.0. The van der Waals surface area contributed by atoms with Gasteiger partial charge >= 0.3 is 6.85 Å². The average Bonchev–Trinajstić information content (AvgIpc) is 1.42. The van der Waals surface area contributed by atoms with Crippen LogP contribution in [0.5, 0.6) is 0 Å². The van der Waals surface area contributed by atoms with Gasteiger partial charge in [0.2, 0.25) is 0 Å². The van der Waals surface area contributed by atoms with Crippen molar-refractivity contribution in [1.82, 2.24) is 4.57 Å². The molecule has 3 nitrogen and oxygen atoms in total. The highest BCUT2D eigenvalue weighted by molar-refractivity contribution is 6.94. The number of hydrogen-bond donors (Lipinski definition) is 0. The molecule has 0 atom stereocenters. The lowest BCUT2D eigenvalue weighted by molar-refractivity contribution is 0.590. The molecule has 0 radical (unpaired) electrons. The van der Waals surface area contributed by atoms with E-state index in [0.717, 1.165) is 17.1 Å². The van der Waals surface area contributed by atoms with Crippen LogP contribution in [0.25, 0.3) is 60.9 Å². The fraction of sp³-hybridized carbons (Fsp3) is 0.325. The van der Waals surface area contributed by atoms with Gasteiger partial charge in [-0.3, -0.25) is 0 Å². The average molecular weight is 1100 g/mol. The van der Waals surface area contributed by atoms with Crippen molar-refractivity contribution < 1.29 is 0 Å². The molecule has 0 saturated heterocycles. The van der Waals surface area contributed by atoms with E-state index in [4.69, 9.17) is 0 Å². The van der Waals surface area contributed by atoms with Crippen molar-refractivity contribution in [3.63, 3.8) is 0 Å². The molecule has 2 aliphatic heterocycles. The van der Waals surface area contributed by atoms with Gasteiger partial charge in [-0.1, -0.05) is 216 Å². The van der Waals surface area contributed by atoms with Gasteiger partial charge in [0.15, 0.2) is 0 Å². The van der Waals surface area contributed by atoms with Crippen molar-refractivity contribution in [3.05, 3.63) is 214 Å². The van der Waals surface area contributed by atoms with Gasteiger partial charge in [-0.2, -0.15) is 0 Å². The predicted molar refractivity (Wildman–Crippen MR) is 363 cm³/mol. The maximum atomic E-state index is 2.78. The van der Waals surface area contributed by atoms with E-state index in [1.807, 2.05) is 0 Å². The zero-order chi connectivity index (χ0) is 59.5. The molecule has 0 unspecified atom stereocenters. The molecule has 3 heterocycles. The molecule has 0 saturated carbocycles. The van der Waals surface area contributed by atoms with Crippen LogP contribution in [0.1, 0.15) is 182 Å². The van der Waals surface area contributed by atoms with Crippen molar-refractivity contribution >= 4 is 68.0 Å². The molecular formula is C80H84BN3. The lowest BCUT2D eigenvalue weighted by Crippen LogP contribution is -2.61. The third-order valence-corrected chi connectivity index (χ3v) is 20.1. The zero-order valence-corrected chi connectivity index (χ0v) is 53.5. The summed E-state index contributed by atoms with van der Waals surface area (Å²) in [5.74, 6) is 0. The highest BCUT2D eigenvalue weighted by atomic mass is 15.1. The number of nitrogens with zero attached hydrogens (tertiary/aromatic N) is 3. The van der Waals surface area contributed by atoms with E-state index < -0.39 is 0 Å². The number of benzene rings is 9. The molecule has 9 aromatic carbocycles. The molecule has 0 spiro atoms. The van der Waals surface area contributed by atoms with Gasteiger partial charge in [0.1, 0.15) is 0 Å². The van der Waals surface area contributed by atoms with E-state index >= 15 is 0 Å². The molecule has 0 amide bonds. The van der Waals surface area contributed by atoms with E-state index in [2.05, 4.69) is 310 Å². The van der Waals surface area contributed by atoms with Gasteiger partial charge in [0.05, 0.1) is 11.0 Å². The normalized spacial score (nSPS) is 15.5. The van der Waals surface area contributed by atoms with Gasteiger partial charge in [0, 0.05) is 61.3 Å². The first-order valence-corrected chi connectivity index (χ1v) is 31.0. The molecule has 0 N–H and O–H groups in total. The van der Waals surface area contributed by atoms with Crippen molar-refractivity contribution in [3.8, 4) is 39.1 Å². The summed E-state index contributed by atoms with van der Waals surface area (Å²) in [5.41, 5.74) is 32.3. The third kappa shape index (κ3) is 7.83. The standard InChI is InChI=1S/C80H84BN3/c1-74(2,3)47-24-32-52(33-25-47)82(53-34-26-48(27-35-53)75(4,5)6)55-38-39-62-57(44-55)58-45-60-67(46-63(58)79(62,16)17)84(54-36-28-49(29-37-54)76(7,8)9)81-64-43-51(78(13,14)15)31-41-66(64)83-65-40-30-50(77(10,11)12)42-59(65)70-71-68(69(60)72(81)73(70)83)56-22-20-21-23-61(56)80(71,18)19/h20-46H,1-19H3. The minimum absolute atomic E-state index is 0.000549. The summed E-state index contributed by atoms with van der Waals surface area (Å²) in [5, 5.41) is 2.75. The summed E-state index contributed by atoms with van der Waals surface area (Å²) >= 11 is 0. The van der Waals surface area contributed by atoms with Crippen LogP contribution in [-0.2, 0) is 37.9 Å². The third-order valence-electron chi connectivity index (χ3n) is 20.1. The molecule has 4 aliphatic rings. The zero-order valence-electron chi connectivity index (χ0n) is 53.5. The van der Waals surface area contributed by atoms with Gasteiger partial charge in [0.25, 0.3) is 0 Å². The Kier molecular flexibility index (Phi) is 11.3. The van der Waals surface area contributed by atoms with Crippen molar-refractivity contribution in [2.24, 2.45) is 0 Å². The van der Waals surface area contributed by atoms with E-state index in [9.17, 15) is 0 Å². The second-order valence-corrected chi connectivity index (χ2v) is 31.5. The molecule has 0 bridgehead atoms. The quantitative estimate of drug-likeness (QED) is 0.163. The molecule has 10 aromatic rings. The summed E-state index contributed by atoms with van der Waals surface area (Å²) in [6, 6.07) is 65.2. The number of fused-ring (bicyclic) bond motifs is 16. The molecule has 1 aromatic heterocycles. The lowest BCUT2D eigenvalue weighted by Gasteiger charge is -2.44.